The Labute approximate surface area is 156 Å². The highest BCUT2D eigenvalue weighted by Gasteiger charge is 2.58. The van der Waals surface area contributed by atoms with Crippen molar-refractivity contribution in [3.63, 3.8) is 0 Å². The number of benzene rings is 1. The Morgan fingerprint density at radius 3 is 2.30 bits per heavy atom. The van der Waals surface area contributed by atoms with Crippen molar-refractivity contribution in [2.75, 3.05) is 6.54 Å². The van der Waals surface area contributed by atoms with E-state index in [1.54, 1.807) is 0 Å². The molecule has 1 aromatic heterocycles. The van der Waals surface area contributed by atoms with Crippen LogP contribution in [0.15, 0.2) is 24.5 Å². The summed E-state index contributed by atoms with van der Waals surface area (Å²) in [5.74, 6) is -1.50. The van der Waals surface area contributed by atoms with E-state index in [2.05, 4.69) is 10.3 Å². The molecular formula is C19H24F3N3O2. The molecule has 27 heavy (non-hydrogen) atoms. The molecule has 0 aliphatic heterocycles. The van der Waals surface area contributed by atoms with E-state index in [4.69, 9.17) is 0 Å². The number of aryl methyl sites for hydroxylation is 4. The van der Waals surface area contributed by atoms with E-state index in [1.165, 1.54) is 13.2 Å². The lowest BCUT2D eigenvalue weighted by Gasteiger charge is -2.29. The van der Waals surface area contributed by atoms with E-state index in [0.29, 0.717) is 6.42 Å². The number of aromatic nitrogens is 2. The Morgan fingerprint density at radius 2 is 1.81 bits per heavy atom. The fourth-order valence-corrected chi connectivity index (χ4v) is 3.30. The number of rotatable bonds is 6. The van der Waals surface area contributed by atoms with Crippen molar-refractivity contribution in [1.82, 2.24) is 14.9 Å². The van der Waals surface area contributed by atoms with Gasteiger partial charge in [-0.05, 0) is 43.9 Å². The standard InChI is InChI=1S/C19H24F3N3O2/c1-12-9-13(2)15(14(3)10-12)5-6-23-16(26)11-18(27,19(20,21)22)17-24-7-8-25(17)4/h7-10,27H,5-6,11H2,1-4H3,(H,23,26). The zero-order valence-electron chi connectivity index (χ0n) is 15.8. The van der Waals surface area contributed by atoms with Crippen LogP contribution in [0.25, 0.3) is 0 Å². The molecule has 1 atom stereocenters. The molecule has 1 heterocycles. The Bertz CT molecular complexity index is 807. The number of alkyl halides is 3. The number of hydrogen-bond donors (Lipinski definition) is 2. The van der Waals surface area contributed by atoms with Gasteiger partial charge in [0.15, 0.2) is 5.82 Å². The summed E-state index contributed by atoms with van der Waals surface area (Å²) in [6.07, 6.45) is -3.25. The molecule has 0 saturated heterocycles. The summed E-state index contributed by atoms with van der Waals surface area (Å²) >= 11 is 0. The van der Waals surface area contributed by atoms with Crippen LogP contribution in [0, 0.1) is 20.8 Å². The maximum absolute atomic E-state index is 13.5. The topological polar surface area (TPSA) is 67.2 Å². The average molecular weight is 383 g/mol. The van der Waals surface area contributed by atoms with Crippen LogP contribution < -0.4 is 5.32 Å². The zero-order chi connectivity index (χ0) is 20.4. The highest BCUT2D eigenvalue weighted by Crippen LogP contribution is 2.40. The van der Waals surface area contributed by atoms with Gasteiger partial charge in [0.2, 0.25) is 11.5 Å². The number of nitrogens with one attached hydrogen (secondary N) is 1. The fraction of sp³-hybridized carbons (Fsp3) is 0.474. The van der Waals surface area contributed by atoms with Crippen LogP contribution in [0.1, 0.15) is 34.5 Å². The molecule has 0 saturated carbocycles. The van der Waals surface area contributed by atoms with Gasteiger partial charge in [-0.15, -0.1) is 0 Å². The second-order valence-corrected chi connectivity index (χ2v) is 6.87. The first-order valence-electron chi connectivity index (χ1n) is 8.56. The lowest BCUT2D eigenvalue weighted by Crippen LogP contribution is -2.48. The molecule has 0 spiro atoms. The number of imidazole rings is 1. The number of nitrogens with zero attached hydrogens (tertiary/aromatic N) is 2. The van der Waals surface area contributed by atoms with Crippen molar-refractivity contribution in [1.29, 1.82) is 0 Å². The molecule has 1 aromatic carbocycles. The van der Waals surface area contributed by atoms with Crippen LogP contribution in [0.2, 0.25) is 0 Å². The Morgan fingerprint density at radius 1 is 1.22 bits per heavy atom. The lowest BCUT2D eigenvalue weighted by molar-refractivity contribution is -0.271. The molecule has 2 rings (SSSR count). The summed E-state index contributed by atoms with van der Waals surface area (Å²) in [5, 5.41) is 12.7. The molecule has 1 unspecified atom stereocenters. The molecular weight excluding hydrogens is 359 g/mol. The van der Waals surface area contributed by atoms with Crippen molar-refractivity contribution in [3.05, 3.63) is 52.6 Å². The van der Waals surface area contributed by atoms with Gasteiger partial charge in [0.25, 0.3) is 0 Å². The Hall–Kier alpha value is -2.35. The van der Waals surface area contributed by atoms with Crippen molar-refractivity contribution in [3.8, 4) is 0 Å². The maximum Gasteiger partial charge on any atom is 0.425 e. The summed E-state index contributed by atoms with van der Waals surface area (Å²) in [4.78, 5) is 15.7. The average Bonchev–Trinajstić information content (AvgIpc) is 2.95. The molecule has 0 fully saturated rings. The molecule has 5 nitrogen and oxygen atoms in total. The predicted octanol–water partition coefficient (Wildman–Crippen LogP) is 2.84. The third-order valence-electron chi connectivity index (χ3n) is 4.61. The zero-order valence-corrected chi connectivity index (χ0v) is 15.8. The quantitative estimate of drug-likeness (QED) is 0.806. The van der Waals surface area contributed by atoms with Gasteiger partial charge >= 0.3 is 6.18 Å². The van der Waals surface area contributed by atoms with Crippen molar-refractivity contribution in [2.45, 2.75) is 45.4 Å². The van der Waals surface area contributed by atoms with Gasteiger partial charge in [-0.2, -0.15) is 13.2 Å². The van der Waals surface area contributed by atoms with Gasteiger partial charge in [-0.25, -0.2) is 4.98 Å². The van der Waals surface area contributed by atoms with E-state index >= 15 is 0 Å². The smallest absolute Gasteiger partial charge is 0.374 e. The molecule has 0 bridgehead atoms. The van der Waals surface area contributed by atoms with Crippen molar-refractivity contribution < 1.29 is 23.1 Å². The number of carbonyl (C=O) groups is 1. The second-order valence-electron chi connectivity index (χ2n) is 6.87. The first-order valence-corrected chi connectivity index (χ1v) is 8.56. The van der Waals surface area contributed by atoms with Gasteiger partial charge < -0.3 is 15.0 Å². The van der Waals surface area contributed by atoms with Crippen molar-refractivity contribution >= 4 is 5.91 Å². The normalized spacial score (nSPS) is 14.1. The first-order chi connectivity index (χ1) is 12.5. The highest BCUT2D eigenvalue weighted by molar-refractivity contribution is 5.77. The molecule has 2 aromatic rings. The molecule has 0 aliphatic carbocycles. The molecule has 0 aliphatic rings. The molecule has 1 amide bonds. The minimum absolute atomic E-state index is 0.179. The summed E-state index contributed by atoms with van der Waals surface area (Å²) in [6, 6.07) is 4.04. The molecule has 0 radical (unpaired) electrons. The van der Waals surface area contributed by atoms with E-state index < -0.39 is 29.9 Å². The van der Waals surface area contributed by atoms with Crippen LogP contribution >= 0.6 is 0 Å². The number of halogens is 3. The molecule has 2 N–H and O–H groups in total. The number of carbonyl (C=O) groups excluding carboxylic acids is 1. The summed E-state index contributed by atoms with van der Waals surface area (Å²) in [7, 11) is 1.33. The Kier molecular flexibility index (Phi) is 5.99. The van der Waals surface area contributed by atoms with Gasteiger partial charge in [0, 0.05) is 26.0 Å². The predicted molar refractivity (Wildman–Crippen MR) is 95.1 cm³/mol. The van der Waals surface area contributed by atoms with Crippen LogP contribution in [-0.2, 0) is 23.9 Å². The van der Waals surface area contributed by atoms with Crippen molar-refractivity contribution in [2.24, 2.45) is 7.05 Å². The molecule has 148 valence electrons. The van der Waals surface area contributed by atoms with Gasteiger partial charge in [-0.1, -0.05) is 17.7 Å². The lowest BCUT2D eigenvalue weighted by atomic mass is 9.96. The minimum Gasteiger partial charge on any atom is -0.374 e. The van der Waals surface area contributed by atoms with Crippen LogP contribution in [-0.4, -0.2) is 33.3 Å². The second kappa shape index (κ2) is 7.72. The number of amides is 1. The van der Waals surface area contributed by atoms with E-state index in [9.17, 15) is 23.1 Å². The Balaban J connectivity index is 2.07. The monoisotopic (exact) mass is 383 g/mol. The highest BCUT2D eigenvalue weighted by atomic mass is 19.4. The van der Waals surface area contributed by atoms with Gasteiger partial charge in [0.05, 0.1) is 6.42 Å². The molecule has 8 heteroatoms. The fourth-order valence-electron chi connectivity index (χ4n) is 3.30. The summed E-state index contributed by atoms with van der Waals surface area (Å²) in [5.41, 5.74) is 0.979. The van der Waals surface area contributed by atoms with Gasteiger partial charge in [0.1, 0.15) is 0 Å². The van der Waals surface area contributed by atoms with Crippen LogP contribution in [0.4, 0.5) is 13.2 Å². The van der Waals surface area contributed by atoms with E-state index in [-0.39, 0.29) is 6.54 Å². The third-order valence-corrected chi connectivity index (χ3v) is 4.61. The number of hydrogen-bond acceptors (Lipinski definition) is 3. The third kappa shape index (κ3) is 4.50. The SMILES string of the molecule is Cc1cc(C)c(CCNC(=O)CC(O)(c2nccn2C)C(F)(F)F)c(C)c1. The maximum atomic E-state index is 13.5. The summed E-state index contributed by atoms with van der Waals surface area (Å²) < 4.78 is 41.4. The summed E-state index contributed by atoms with van der Waals surface area (Å²) in [6.45, 7) is 6.08. The minimum atomic E-state index is -5.03. The van der Waals surface area contributed by atoms with Crippen LogP contribution in [0.5, 0.6) is 0 Å². The van der Waals surface area contributed by atoms with Gasteiger partial charge in [-0.3, -0.25) is 4.79 Å². The number of aliphatic hydroxyl groups is 1. The van der Waals surface area contributed by atoms with E-state index in [1.807, 2.05) is 32.9 Å². The largest absolute Gasteiger partial charge is 0.425 e. The van der Waals surface area contributed by atoms with E-state index in [0.717, 1.165) is 33.0 Å². The van der Waals surface area contributed by atoms with Crippen LogP contribution in [0.3, 0.4) is 0 Å². The first kappa shape index (κ1) is 21.0.